The van der Waals surface area contributed by atoms with E-state index in [4.69, 9.17) is 4.74 Å². The van der Waals surface area contributed by atoms with Crippen molar-refractivity contribution in [1.82, 2.24) is 0 Å². The summed E-state index contributed by atoms with van der Waals surface area (Å²) in [6, 6.07) is 0. The molecule has 27 heavy (non-hydrogen) atoms. The van der Waals surface area contributed by atoms with Crippen LogP contribution in [0.15, 0.2) is 0 Å². The third-order valence-corrected chi connectivity index (χ3v) is 9.30. The summed E-state index contributed by atoms with van der Waals surface area (Å²) >= 11 is 0. The highest BCUT2D eigenvalue weighted by Crippen LogP contribution is 2.66. The molecule has 4 saturated carbocycles. The summed E-state index contributed by atoms with van der Waals surface area (Å²) in [5.41, 5.74) is 0.613. The van der Waals surface area contributed by atoms with Gasteiger partial charge in [0, 0.05) is 11.4 Å². The molecular weight excluding hydrogens is 340 g/mol. The molecule has 0 heterocycles. The molecule has 4 aliphatic carbocycles. The highest BCUT2D eigenvalue weighted by atomic mass is 16.5. The van der Waals surface area contributed by atoms with Crippen molar-refractivity contribution in [3.05, 3.63) is 0 Å². The van der Waals surface area contributed by atoms with E-state index in [1.54, 1.807) is 0 Å². The maximum Gasteiger partial charge on any atom is 0.306 e. The van der Waals surface area contributed by atoms with Gasteiger partial charge in [0.2, 0.25) is 0 Å². The quantitative estimate of drug-likeness (QED) is 0.700. The molecule has 4 rings (SSSR count). The summed E-state index contributed by atoms with van der Waals surface area (Å²) in [6.45, 7) is 4.93. The number of fused-ring (bicyclic) bond motifs is 5. The van der Waals surface area contributed by atoms with Crippen molar-refractivity contribution < 1.29 is 19.4 Å². The minimum Gasteiger partial charge on any atom is -0.550 e. The average molecular weight is 376 g/mol. The summed E-state index contributed by atoms with van der Waals surface area (Å²) in [4.78, 5) is 22.7. The van der Waals surface area contributed by atoms with Crippen LogP contribution in [0.25, 0.3) is 0 Å². The second-order valence-corrected chi connectivity index (χ2v) is 10.4. The Labute approximate surface area is 163 Å². The topological polar surface area (TPSA) is 66.4 Å². The van der Waals surface area contributed by atoms with E-state index >= 15 is 0 Å². The largest absolute Gasteiger partial charge is 0.550 e. The number of hydrogen-bond donors (Lipinski definition) is 0. The monoisotopic (exact) mass is 375 g/mol. The SMILES string of the molecule is C[C@]12CCCC[C@H]1CC[C@@H]1[C@H]3CC[C@H](OC(=O)CCC(=O)[O-])[C@@]3(C)CC[C@@H]12. The van der Waals surface area contributed by atoms with Gasteiger partial charge in [-0.3, -0.25) is 4.79 Å². The third kappa shape index (κ3) is 3.21. The van der Waals surface area contributed by atoms with Crippen molar-refractivity contribution in [3.63, 3.8) is 0 Å². The minimum atomic E-state index is -1.18. The van der Waals surface area contributed by atoms with Crippen molar-refractivity contribution in [2.75, 3.05) is 0 Å². The van der Waals surface area contributed by atoms with Gasteiger partial charge in [-0.15, -0.1) is 0 Å². The van der Waals surface area contributed by atoms with Crippen LogP contribution < -0.4 is 5.11 Å². The number of hydrogen-bond acceptors (Lipinski definition) is 4. The zero-order valence-corrected chi connectivity index (χ0v) is 17.0. The van der Waals surface area contributed by atoms with Gasteiger partial charge in [-0.1, -0.05) is 26.7 Å². The van der Waals surface area contributed by atoms with Crippen LogP contribution in [0.4, 0.5) is 0 Å². The number of carbonyl (C=O) groups is 2. The second-order valence-electron chi connectivity index (χ2n) is 10.4. The zero-order valence-electron chi connectivity index (χ0n) is 17.0. The van der Waals surface area contributed by atoms with Gasteiger partial charge in [0.15, 0.2) is 0 Å². The van der Waals surface area contributed by atoms with Gasteiger partial charge in [0.1, 0.15) is 6.10 Å². The van der Waals surface area contributed by atoms with Crippen LogP contribution in [-0.4, -0.2) is 18.0 Å². The van der Waals surface area contributed by atoms with Gasteiger partial charge >= 0.3 is 5.97 Å². The predicted octanol–water partition coefficient (Wildman–Crippen LogP) is 3.86. The maximum atomic E-state index is 12.1. The van der Waals surface area contributed by atoms with Gasteiger partial charge < -0.3 is 14.6 Å². The number of carboxylic acid groups (broad SMARTS) is 1. The Hall–Kier alpha value is -1.06. The number of esters is 1. The number of carboxylic acids is 1. The molecule has 0 aromatic carbocycles. The summed E-state index contributed by atoms with van der Waals surface area (Å²) in [7, 11) is 0. The van der Waals surface area contributed by atoms with Crippen LogP contribution in [0.5, 0.6) is 0 Å². The molecule has 4 fully saturated rings. The molecule has 0 unspecified atom stereocenters. The van der Waals surface area contributed by atoms with Crippen LogP contribution >= 0.6 is 0 Å². The van der Waals surface area contributed by atoms with Crippen molar-refractivity contribution >= 4 is 11.9 Å². The van der Waals surface area contributed by atoms with E-state index in [1.165, 1.54) is 44.9 Å². The fourth-order valence-corrected chi connectivity index (χ4v) is 7.86. The standard InChI is InChI=1S/C23H36O4/c1-22-13-4-3-5-15(22)6-7-16-17-8-9-19(23(17,2)14-12-18(16)22)27-21(26)11-10-20(24)25/h15-19H,3-14H2,1-2H3,(H,24,25)/p-1/t15-,16+,17+,18-,19-,22-,23-/m0/s1. The molecule has 4 heteroatoms. The Morgan fingerprint density at radius 1 is 0.889 bits per heavy atom. The Kier molecular flexibility index (Phi) is 5.05. The molecule has 4 aliphatic rings. The van der Waals surface area contributed by atoms with Crippen LogP contribution in [0, 0.1) is 34.5 Å². The molecule has 0 aliphatic heterocycles. The first-order valence-corrected chi connectivity index (χ1v) is 11.2. The Bertz CT molecular complexity index is 601. The summed E-state index contributed by atoms with van der Waals surface area (Å²) in [5, 5.41) is 10.6. The second kappa shape index (κ2) is 7.08. The van der Waals surface area contributed by atoms with E-state index in [0.29, 0.717) is 11.3 Å². The zero-order chi connectivity index (χ0) is 19.2. The first kappa shape index (κ1) is 19.3. The van der Waals surface area contributed by atoms with Crippen molar-refractivity contribution in [2.24, 2.45) is 34.5 Å². The molecule has 152 valence electrons. The van der Waals surface area contributed by atoms with Crippen LogP contribution in [0.1, 0.15) is 90.9 Å². The molecular formula is C23H35O4-. The first-order valence-electron chi connectivity index (χ1n) is 11.2. The number of ether oxygens (including phenoxy) is 1. The van der Waals surface area contributed by atoms with E-state index in [1.807, 2.05) is 0 Å². The molecule has 0 radical (unpaired) electrons. The highest BCUT2D eigenvalue weighted by Gasteiger charge is 2.60. The Balaban J connectivity index is 1.46. The van der Waals surface area contributed by atoms with Crippen molar-refractivity contribution in [1.29, 1.82) is 0 Å². The van der Waals surface area contributed by atoms with E-state index in [-0.39, 0.29) is 30.3 Å². The minimum absolute atomic E-state index is 0.0328. The van der Waals surface area contributed by atoms with Crippen molar-refractivity contribution in [2.45, 2.75) is 97.0 Å². The summed E-state index contributed by atoms with van der Waals surface area (Å²) < 4.78 is 5.82. The lowest BCUT2D eigenvalue weighted by atomic mass is 9.45. The molecule has 4 nitrogen and oxygen atoms in total. The molecule has 0 bridgehead atoms. The van der Waals surface area contributed by atoms with Gasteiger partial charge in [0.25, 0.3) is 0 Å². The Morgan fingerprint density at radius 2 is 1.67 bits per heavy atom. The molecule has 0 spiro atoms. The van der Waals surface area contributed by atoms with E-state index in [9.17, 15) is 14.7 Å². The molecule has 0 aromatic heterocycles. The normalized spacial score (nSPS) is 46.1. The number of rotatable bonds is 4. The predicted molar refractivity (Wildman–Crippen MR) is 100 cm³/mol. The lowest BCUT2D eigenvalue weighted by molar-refractivity contribution is -0.305. The average Bonchev–Trinajstić information content (AvgIpc) is 2.96. The highest BCUT2D eigenvalue weighted by molar-refractivity contribution is 5.75. The lowest BCUT2D eigenvalue weighted by Gasteiger charge is -2.60. The molecule has 0 N–H and O–H groups in total. The molecule has 0 amide bonds. The van der Waals surface area contributed by atoms with Gasteiger partial charge in [0.05, 0.1) is 6.42 Å². The maximum absolute atomic E-state index is 12.1. The van der Waals surface area contributed by atoms with Crippen molar-refractivity contribution in [3.8, 4) is 0 Å². The molecule has 0 saturated heterocycles. The smallest absolute Gasteiger partial charge is 0.306 e. The summed E-state index contributed by atoms with van der Waals surface area (Å²) in [6.07, 6.45) is 12.6. The van der Waals surface area contributed by atoms with E-state index in [0.717, 1.165) is 37.0 Å². The van der Waals surface area contributed by atoms with Crippen LogP contribution in [-0.2, 0) is 14.3 Å². The number of aliphatic carboxylic acids is 1. The molecule has 7 atom stereocenters. The lowest BCUT2D eigenvalue weighted by Crippen LogP contribution is -2.53. The van der Waals surface area contributed by atoms with Gasteiger partial charge in [-0.05, 0) is 86.9 Å². The van der Waals surface area contributed by atoms with Gasteiger partial charge in [-0.2, -0.15) is 0 Å². The third-order valence-electron chi connectivity index (χ3n) is 9.30. The van der Waals surface area contributed by atoms with Gasteiger partial charge in [-0.25, -0.2) is 0 Å². The summed E-state index contributed by atoms with van der Waals surface area (Å²) in [5.74, 6) is 1.68. The van der Waals surface area contributed by atoms with Crippen LogP contribution in [0.2, 0.25) is 0 Å². The fourth-order valence-electron chi connectivity index (χ4n) is 7.86. The van der Waals surface area contributed by atoms with E-state index in [2.05, 4.69) is 13.8 Å². The van der Waals surface area contributed by atoms with E-state index < -0.39 is 5.97 Å². The van der Waals surface area contributed by atoms with Crippen LogP contribution in [0.3, 0.4) is 0 Å². The fraction of sp³-hybridized carbons (Fsp3) is 0.913. The first-order chi connectivity index (χ1) is 12.8. The number of carbonyl (C=O) groups excluding carboxylic acids is 2. The molecule has 0 aromatic rings. The Morgan fingerprint density at radius 3 is 2.44 bits per heavy atom.